The molecule has 1 atom stereocenters. The Bertz CT molecular complexity index is 486. The van der Waals surface area contributed by atoms with E-state index in [1.807, 2.05) is 11.4 Å². The van der Waals surface area contributed by atoms with E-state index < -0.39 is 23.4 Å². The molecule has 88 valence electrons. The lowest BCUT2D eigenvalue weighted by Gasteiger charge is -2.21. The molecule has 1 fully saturated rings. The Morgan fingerprint density at radius 2 is 1.88 bits per heavy atom. The first-order chi connectivity index (χ1) is 8.04. The molecular weight excluding hydrogens is 222 g/mol. The first-order valence-electron chi connectivity index (χ1n) is 5.02. The second-order valence-electron chi connectivity index (χ2n) is 3.84. The monoisotopic (exact) mass is 233 g/mol. The average molecular weight is 233 g/mol. The molecule has 4 amide bonds. The van der Waals surface area contributed by atoms with Crippen molar-refractivity contribution in [2.24, 2.45) is 5.73 Å². The maximum Gasteiger partial charge on any atom is 0.322 e. The van der Waals surface area contributed by atoms with Crippen LogP contribution in [0.1, 0.15) is 5.56 Å². The molecule has 6 heteroatoms. The Balaban J connectivity index is 2.34. The highest BCUT2D eigenvalue weighted by molar-refractivity contribution is 6.20. The molecule has 1 saturated heterocycles. The van der Waals surface area contributed by atoms with Gasteiger partial charge in [0.15, 0.2) is 0 Å². The largest absolute Gasteiger partial charge is 0.367 e. The van der Waals surface area contributed by atoms with Crippen molar-refractivity contribution in [1.82, 2.24) is 10.6 Å². The third-order valence-electron chi connectivity index (χ3n) is 2.67. The molecule has 0 saturated carbocycles. The summed E-state index contributed by atoms with van der Waals surface area (Å²) in [5, 5.41) is 4.31. The number of nitrogens with two attached hydrogens (primary N) is 1. The molecule has 0 aromatic heterocycles. The van der Waals surface area contributed by atoms with Crippen LogP contribution in [0.5, 0.6) is 0 Å². The highest BCUT2D eigenvalue weighted by atomic mass is 16.2. The average Bonchev–Trinajstić information content (AvgIpc) is 2.56. The van der Waals surface area contributed by atoms with Gasteiger partial charge in [-0.3, -0.25) is 14.9 Å². The molecule has 1 aliphatic rings. The van der Waals surface area contributed by atoms with Crippen LogP contribution >= 0.6 is 0 Å². The normalized spacial score (nSPS) is 23.1. The Labute approximate surface area is 97.2 Å². The molecule has 0 radical (unpaired) electrons. The number of hydrogen-bond donors (Lipinski definition) is 3. The Hall–Kier alpha value is -2.37. The lowest BCUT2D eigenvalue weighted by atomic mass is 9.90. The summed E-state index contributed by atoms with van der Waals surface area (Å²) < 4.78 is 0. The number of amides is 4. The minimum Gasteiger partial charge on any atom is -0.367 e. The number of nitrogens with one attached hydrogen (secondary N) is 2. The minimum atomic E-state index is -1.68. The molecule has 4 N–H and O–H groups in total. The third kappa shape index (κ3) is 1.84. The quantitative estimate of drug-likeness (QED) is 0.475. The molecule has 0 unspecified atom stereocenters. The van der Waals surface area contributed by atoms with E-state index in [4.69, 9.17) is 5.73 Å². The number of carbonyl (C=O) groups is 3. The molecule has 1 aliphatic heterocycles. The topological polar surface area (TPSA) is 101 Å². The van der Waals surface area contributed by atoms with Crippen LogP contribution in [0.2, 0.25) is 0 Å². The summed E-state index contributed by atoms with van der Waals surface area (Å²) in [6.07, 6.45) is 0.0424. The van der Waals surface area contributed by atoms with Crippen LogP contribution in [0.25, 0.3) is 0 Å². The van der Waals surface area contributed by atoms with Crippen molar-refractivity contribution in [3.8, 4) is 0 Å². The predicted octanol–water partition coefficient (Wildman–Crippen LogP) is -0.707. The van der Waals surface area contributed by atoms with Gasteiger partial charge in [0.2, 0.25) is 5.54 Å². The summed E-state index contributed by atoms with van der Waals surface area (Å²) in [7, 11) is 0. The fraction of sp³-hybridized carbons (Fsp3) is 0.182. The van der Waals surface area contributed by atoms with Gasteiger partial charge in [0.25, 0.3) is 11.8 Å². The molecule has 0 aliphatic carbocycles. The third-order valence-corrected chi connectivity index (χ3v) is 2.67. The summed E-state index contributed by atoms with van der Waals surface area (Å²) in [5.41, 5.74) is 4.28. The smallest absolute Gasteiger partial charge is 0.322 e. The van der Waals surface area contributed by atoms with Crippen molar-refractivity contribution in [1.29, 1.82) is 0 Å². The van der Waals surface area contributed by atoms with Gasteiger partial charge in [-0.2, -0.15) is 0 Å². The fourth-order valence-electron chi connectivity index (χ4n) is 1.78. The molecule has 17 heavy (non-hydrogen) atoms. The van der Waals surface area contributed by atoms with E-state index in [0.29, 0.717) is 0 Å². The number of imide groups is 1. The van der Waals surface area contributed by atoms with E-state index in [1.165, 1.54) is 0 Å². The first kappa shape index (κ1) is 11.1. The zero-order chi connectivity index (χ0) is 12.5. The molecule has 0 bridgehead atoms. The Morgan fingerprint density at radius 3 is 2.35 bits per heavy atom. The highest BCUT2D eigenvalue weighted by Gasteiger charge is 2.51. The number of rotatable bonds is 3. The van der Waals surface area contributed by atoms with Crippen molar-refractivity contribution in [3.05, 3.63) is 35.9 Å². The van der Waals surface area contributed by atoms with E-state index in [1.54, 1.807) is 24.3 Å². The number of benzene rings is 1. The molecule has 6 nitrogen and oxygen atoms in total. The maximum absolute atomic E-state index is 11.7. The summed E-state index contributed by atoms with van der Waals surface area (Å²) in [4.78, 5) is 34.2. The lowest BCUT2D eigenvalue weighted by Crippen LogP contribution is -2.58. The zero-order valence-corrected chi connectivity index (χ0v) is 8.90. The molecule has 0 spiro atoms. The molecule has 1 heterocycles. The number of primary amides is 1. The lowest BCUT2D eigenvalue weighted by molar-refractivity contribution is -0.134. The molecule has 1 aromatic rings. The first-order valence-corrected chi connectivity index (χ1v) is 5.02. The van der Waals surface area contributed by atoms with E-state index in [-0.39, 0.29) is 6.42 Å². The van der Waals surface area contributed by atoms with Crippen LogP contribution in [-0.4, -0.2) is 23.4 Å². The van der Waals surface area contributed by atoms with Gasteiger partial charge >= 0.3 is 6.03 Å². The van der Waals surface area contributed by atoms with Crippen LogP contribution in [0, 0.1) is 0 Å². The Morgan fingerprint density at radius 1 is 1.24 bits per heavy atom. The van der Waals surface area contributed by atoms with Crippen LogP contribution in [0.15, 0.2) is 30.3 Å². The number of hydrogen-bond acceptors (Lipinski definition) is 3. The minimum absolute atomic E-state index is 0.0424. The van der Waals surface area contributed by atoms with Gasteiger partial charge in [-0.25, -0.2) is 4.79 Å². The van der Waals surface area contributed by atoms with Crippen LogP contribution < -0.4 is 16.4 Å². The van der Waals surface area contributed by atoms with Gasteiger partial charge in [-0.05, 0) is 5.56 Å². The molecule has 2 rings (SSSR count). The summed E-state index contributed by atoms with van der Waals surface area (Å²) in [6, 6.07) is 8.17. The zero-order valence-electron chi connectivity index (χ0n) is 8.90. The van der Waals surface area contributed by atoms with Crippen LogP contribution in [-0.2, 0) is 16.0 Å². The van der Waals surface area contributed by atoms with Crippen molar-refractivity contribution >= 4 is 17.8 Å². The summed E-state index contributed by atoms with van der Waals surface area (Å²) in [5.74, 6) is -1.58. The summed E-state index contributed by atoms with van der Waals surface area (Å²) >= 11 is 0. The SMILES string of the molecule is NC(=O)[C@]1(Cc2ccccc2)NC(=O)NC1=O. The summed E-state index contributed by atoms with van der Waals surface area (Å²) in [6.45, 7) is 0. The van der Waals surface area contributed by atoms with Gasteiger partial charge in [0.05, 0.1) is 0 Å². The standard InChI is InChI=1S/C11H11N3O3/c12-8(15)11(9(16)13-10(17)14-11)6-7-4-2-1-3-5-7/h1-5H,6H2,(H2,12,15)(H2,13,14,16,17)/t11-/m0/s1. The van der Waals surface area contributed by atoms with Crippen molar-refractivity contribution < 1.29 is 14.4 Å². The highest BCUT2D eigenvalue weighted by Crippen LogP contribution is 2.17. The van der Waals surface area contributed by atoms with Gasteiger partial charge in [-0.1, -0.05) is 30.3 Å². The van der Waals surface area contributed by atoms with E-state index in [9.17, 15) is 14.4 Å². The van der Waals surface area contributed by atoms with Crippen LogP contribution in [0.4, 0.5) is 4.79 Å². The van der Waals surface area contributed by atoms with Crippen molar-refractivity contribution in [2.75, 3.05) is 0 Å². The second kappa shape index (κ2) is 3.89. The van der Waals surface area contributed by atoms with Gasteiger partial charge in [0.1, 0.15) is 0 Å². The van der Waals surface area contributed by atoms with Gasteiger partial charge in [-0.15, -0.1) is 0 Å². The number of urea groups is 1. The van der Waals surface area contributed by atoms with E-state index >= 15 is 0 Å². The van der Waals surface area contributed by atoms with E-state index in [0.717, 1.165) is 5.56 Å². The van der Waals surface area contributed by atoms with E-state index in [2.05, 4.69) is 5.32 Å². The number of carbonyl (C=O) groups excluding carboxylic acids is 3. The molecular formula is C11H11N3O3. The molecule has 1 aromatic carbocycles. The van der Waals surface area contributed by atoms with Crippen LogP contribution in [0.3, 0.4) is 0 Å². The Kier molecular flexibility index (Phi) is 2.55. The second-order valence-corrected chi connectivity index (χ2v) is 3.84. The van der Waals surface area contributed by atoms with Gasteiger partial charge in [0, 0.05) is 6.42 Å². The van der Waals surface area contributed by atoms with Gasteiger partial charge < -0.3 is 11.1 Å². The van der Waals surface area contributed by atoms with Crippen molar-refractivity contribution in [2.45, 2.75) is 12.0 Å². The predicted molar refractivity (Wildman–Crippen MR) is 58.7 cm³/mol. The van der Waals surface area contributed by atoms with Crippen molar-refractivity contribution in [3.63, 3.8) is 0 Å². The fourth-order valence-corrected chi connectivity index (χ4v) is 1.78. The maximum atomic E-state index is 11.7.